The monoisotopic (exact) mass is 238 g/mol. The summed E-state index contributed by atoms with van der Waals surface area (Å²) in [6.45, 7) is 3.17. The maximum Gasteiger partial charge on any atom is 0.0682 e. The van der Waals surface area contributed by atoms with E-state index < -0.39 is 0 Å². The van der Waals surface area contributed by atoms with Gasteiger partial charge in [0.15, 0.2) is 0 Å². The summed E-state index contributed by atoms with van der Waals surface area (Å²) in [4.78, 5) is 2.51. The van der Waals surface area contributed by atoms with Crippen molar-refractivity contribution < 1.29 is 5.11 Å². The first-order chi connectivity index (χ1) is 8.31. The van der Waals surface area contributed by atoms with Gasteiger partial charge in [-0.2, -0.15) is 0 Å². The van der Waals surface area contributed by atoms with E-state index in [4.69, 9.17) is 0 Å². The molecule has 3 heteroatoms. The summed E-state index contributed by atoms with van der Waals surface area (Å²) in [5, 5.41) is 13.4. The lowest BCUT2D eigenvalue weighted by Crippen LogP contribution is -2.54. The molecule has 0 spiro atoms. The van der Waals surface area contributed by atoms with Crippen molar-refractivity contribution >= 4 is 0 Å². The van der Waals surface area contributed by atoms with Gasteiger partial charge in [0.05, 0.1) is 6.10 Å². The Hall–Kier alpha value is -0.120. The minimum atomic E-state index is -0.0739. The van der Waals surface area contributed by atoms with Gasteiger partial charge in [-0.1, -0.05) is 32.1 Å². The first-order valence-electron chi connectivity index (χ1n) is 7.47. The Labute approximate surface area is 105 Å². The second-order valence-electron chi connectivity index (χ2n) is 6.34. The molecular formula is C14H26N2O. The van der Waals surface area contributed by atoms with Gasteiger partial charge in [0, 0.05) is 31.7 Å². The molecule has 0 radical (unpaired) electrons. The van der Waals surface area contributed by atoms with E-state index in [1.54, 1.807) is 0 Å². The Morgan fingerprint density at radius 3 is 2.76 bits per heavy atom. The Morgan fingerprint density at radius 1 is 1.12 bits per heavy atom. The molecule has 0 amide bonds. The van der Waals surface area contributed by atoms with E-state index in [1.165, 1.54) is 38.5 Å². The predicted octanol–water partition coefficient (Wildman–Crippen LogP) is 1.36. The number of nitrogens with zero attached hydrogens (tertiary/aromatic N) is 1. The molecule has 3 atom stereocenters. The molecule has 3 fully saturated rings. The third-order valence-electron chi connectivity index (χ3n) is 4.95. The van der Waals surface area contributed by atoms with E-state index in [-0.39, 0.29) is 6.10 Å². The molecule has 0 aromatic rings. The van der Waals surface area contributed by atoms with E-state index in [1.807, 2.05) is 0 Å². The van der Waals surface area contributed by atoms with Crippen LogP contribution in [-0.2, 0) is 0 Å². The molecule has 17 heavy (non-hydrogen) atoms. The highest BCUT2D eigenvalue weighted by Crippen LogP contribution is 2.29. The van der Waals surface area contributed by atoms with Gasteiger partial charge in [-0.3, -0.25) is 4.90 Å². The SMILES string of the molecule is O[C@@H]1C[C@H]2CN[C@@H](CC3CCCCC3)CN2C1. The van der Waals surface area contributed by atoms with Crippen LogP contribution < -0.4 is 5.32 Å². The van der Waals surface area contributed by atoms with Crippen molar-refractivity contribution in [2.24, 2.45) is 5.92 Å². The molecule has 2 aliphatic heterocycles. The molecule has 1 aliphatic carbocycles. The summed E-state index contributed by atoms with van der Waals surface area (Å²) in [5.41, 5.74) is 0. The summed E-state index contributed by atoms with van der Waals surface area (Å²) in [7, 11) is 0. The molecule has 0 bridgehead atoms. The Morgan fingerprint density at radius 2 is 1.94 bits per heavy atom. The number of nitrogens with one attached hydrogen (secondary N) is 1. The maximum atomic E-state index is 9.70. The van der Waals surface area contributed by atoms with E-state index in [0.717, 1.165) is 32.0 Å². The zero-order valence-corrected chi connectivity index (χ0v) is 10.8. The normalized spacial score (nSPS) is 40.4. The molecule has 3 aliphatic rings. The number of rotatable bonds is 2. The fourth-order valence-electron chi connectivity index (χ4n) is 4.03. The number of piperazine rings is 1. The van der Waals surface area contributed by atoms with Gasteiger partial charge in [-0.05, 0) is 18.8 Å². The summed E-state index contributed by atoms with van der Waals surface area (Å²) >= 11 is 0. The van der Waals surface area contributed by atoms with Crippen molar-refractivity contribution in [1.82, 2.24) is 10.2 Å². The molecule has 2 N–H and O–H groups in total. The highest BCUT2D eigenvalue weighted by molar-refractivity contribution is 4.94. The van der Waals surface area contributed by atoms with E-state index >= 15 is 0 Å². The molecule has 2 heterocycles. The largest absolute Gasteiger partial charge is 0.392 e. The van der Waals surface area contributed by atoms with Crippen LogP contribution in [-0.4, -0.2) is 47.8 Å². The fourth-order valence-corrected chi connectivity index (χ4v) is 4.03. The lowest BCUT2D eigenvalue weighted by atomic mass is 9.84. The van der Waals surface area contributed by atoms with Crippen LogP contribution in [0, 0.1) is 5.92 Å². The van der Waals surface area contributed by atoms with Crippen molar-refractivity contribution in [3.8, 4) is 0 Å². The first kappa shape index (κ1) is 11.9. The van der Waals surface area contributed by atoms with Gasteiger partial charge in [-0.15, -0.1) is 0 Å². The average Bonchev–Trinajstić information content (AvgIpc) is 2.70. The second kappa shape index (κ2) is 5.25. The topological polar surface area (TPSA) is 35.5 Å². The van der Waals surface area contributed by atoms with Crippen molar-refractivity contribution in [3.63, 3.8) is 0 Å². The second-order valence-corrected chi connectivity index (χ2v) is 6.34. The van der Waals surface area contributed by atoms with E-state index in [9.17, 15) is 5.11 Å². The molecule has 0 aromatic carbocycles. The van der Waals surface area contributed by atoms with Gasteiger partial charge in [0.1, 0.15) is 0 Å². The van der Waals surface area contributed by atoms with Crippen molar-refractivity contribution in [1.29, 1.82) is 0 Å². The quantitative estimate of drug-likeness (QED) is 0.762. The lowest BCUT2D eigenvalue weighted by molar-refractivity contribution is 0.140. The Balaban J connectivity index is 1.49. The van der Waals surface area contributed by atoms with Gasteiger partial charge in [-0.25, -0.2) is 0 Å². The van der Waals surface area contributed by atoms with Crippen molar-refractivity contribution in [2.45, 2.75) is 63.1 Å². The first-order valence-corrected chi connectivity index (χ1v) is 7.47. The molecule has 3 nitrogen and oxygen atoms in total. The molecular weight excluding hydrogens is 212 g/mol. The summed E-state index contributed by atoms with van der Waals surface area (Å²) in [6.07, 6.45) is 9.51. The zero-order chi connectivity index (χ0) is 11.7. The summed E-state index contributed by atoms with van der Waals surface area (Å²) < 4.78 is 0. The van der Waals surface area contributed by atoms with Gasteiger partial charge in [0.2, 0.25) is 0 Å². The van der Waals surface area contributed by atoms with Crippen molar-refractivity contribution in [3.05, 3.63) is 0 Å². The third kappa shape index (κ3) is 2.83. The van der Waals surface area contributed by atoms with Crippen LogP contribution in [0.2, 0.25) is 0 Å². The lowest BCUT2D eigenvalue weighted by Gasteiger charge is -2.37. The minimum Gasteiger partial charge on any atom is -0.392 e. The standard InChI is InChI=1S/C14H26N2O/c17-14-7-13-8-15-12(9-16(13)10-14)6-11-4-2-1-3-5-11/h11-15,17H,1-10H2/t12-,13-,14+/m0/s1. The highest BCUT2D eigenvalue weighted by Gasteiger charge is 2.36. The number of aliphatic hydroxyl groups excluding tert-OH is 1. The molecule has 2 saturated heterocycles. The number of hydrogen-bond acceptors (Lipinski definition) is 3. The van der Waals surface area contributed by atoms with Crippen LogP contribution in [0.4, 0.5) is 0 Å². The highest BCUT2D eigenvalue weighted by atomic mass is 16.3. The van der Waals surface area contributed by atoms with Crippen LogP contribution in [0.1, 0.15) is 44.9 Å². The molecule has 0 aromatic heterocycles. The Bertz CT molecular complexity index is 251. The minimum absolute atomic E-state index is 0.0739. The fraction of sp³-hybridized carbons (Fsp3) is 1.00. The van der Waals surface area contributed by atoms with Gasteiger partial charge in [0.25, 0.3) is 0 Å². The van der Waals surface area contributed by atoms with Crippen LogP contribution in [0.25, 0.3) is 0 Å². The smallest absolute Gasteiger partial charge is 0.0682 e. The van der Waals surface area contributed by atoms with Crippen molar-refractivity contribution in [2.75, 3.05) is 19.6 Å². The Kier molecular flexibility index (Phi) is 3.69. The van der Waals surface area contributed by atoms with E-state index in [2.05, 4.69) is 10.2 Å². The number of aliphatic hydroxyl groups is 1. The average molecular weight is 238 g/mol. The number of hydrogen-bond donors (Lipinski definition) is 2. The van der Waals surface area contributed by atoms with Gasteiger partial charge >= 0.3 is 0 Å². The number of fused-ring (bicyclic) bond motifs is 1. The molecule has 1 saturated carbocycles. The molecule has 0 unspecified atom stereocenters. The molecule has 98 valence electrons. The zero-order valence-electron chi connectivity index (χ0n) is 10.8. The maximum absolute atomic E-state index is 9.70. The van der Waals surface area contributed by atoms with Gasteiger partial charge < -0.3 is 10.4 Å². The predicted molar refractivity (Wildman–Crippen MR) is 69.0 cm³/mol. The third-order valence-corrected chi connectivity index (χ3v) is 4.95. The van der Waals surface area contributed by atoms with E-state index in [0.29, 0.717) is 12.1 Å². The van der Waals surface area contributed by atoms with Crippen LogP contribution in [0.15, 0.2) is 0 Å². The van der Waals surface area contributed by atoms with Crippen LogP contribution in [0.5, 0.6) is 0 Å². The van der Waals surface area contributed by atoms with Crippen LogP contribution >= 0.6 is 0 Å². The van der Waals surface area contributed by atoms with Crippen LogP contribution in [0.3, 0.4) is 0 Å². The summed E-state index contributed by atoms with van der Waals surface area (Å²) in [6, 6.07) is 1.28. The molecule has 3 rings (SSSR count). The summed E-state index contributed by atoms with van der Waals surface area (Å²) in [5.74, 6) is 0.963.